The summed E-state index contributed by atoms with van der Waals surface area (Å²) in [5.74, 6) is 0.156. The summed E-state index contributed by atoms with van der Waals surface area (Å²) in [6.07, 6.45) is 0. The van der Waals surface area contributed by atoms with Crippen LogP contribution < -0.4 is 5.46 Å². The SMILES string of the molecule is [B]c1cc(C(C)(c2cc(Br)c(O)c(Br)c2)c2cc(Br)c(O)c(Br)c2)cc(Br)c1O. The molecule has 29 heavy (non-hydrogen) atoms. The molecule has 0 amide bonds. The van der Waals surface area contributed by atoms with Gasteiger partial charge in [-0.2, -0.15) is 0 Å². The van der Waals surface area contributed by atoms with E-state index < -0.39 is 5.41 Å². The first-order valence-electron chi connectivity index (χ1n) is 8.12. The van der Waals surface area contributed by atoms with Crippen LogP contribution in [0.15, 0.2) is 58.8 Å². The summed E-state index contributed by atoms with van der Waals surface area (Å²) in [6.45, 7) is 2.00. The number of rotatable bonds is 3. The van der Waals surface area contributed by atoms with Gasteiger partial charge in [-0.1, -0.05) is 11.5 Å². The van der Waals surface area contributed by atoms with E-state index in [0.717, 1.165) is 16.7 Å². The molecule has 0 saturated heterocycles. The molecule has 2 radical (unpaired) electrons. The maximum absolute atomic E-state index is 10.2. The summed E-state index contributed by atoms with van der Waals surface area (Å²) in [5.41, 5.74) is 1.95. The monoisotopic (exact) mass is 706 g/mol. The lowest BCUT2D eigenvalue weighted by Crippen LogP contribution is -2.27. The van der Waals surface area contributed by atoms with Gasteiger partial charge in [-0.3, -0.25) is 0 Å². The van der Waals surface area contributed by atoms with Crippen molar-refractivity contribution in [2.75, 3.05) is 0 Å². The van der Waals surface area contributed by atoms with Crippen molar-refractivity contribution in [3.05, 3.63) is 75.5 Å². The quantitative estimate of drug-likeness (QED) is 0.208. The van der Waals surface area contributed by atoms with Crippen LogP contribution in [-0.2, 0) is 5.41 Å². The second kappa shape index (κ2) is 8.57. The summed E-state index contributed by atoms with van der Waals surface area (Å²) in [6, 6.07) is 10.8. The van der Waals surface area contributed by atoms with Gasteiger partial charge in [0.1, 0.15) is 25.1 Å². The number of halogens is 5. The molecule has 0 aromatic heterocycles. The normalized spacial score (nSPS) is 11.7. The zero-order valence-electron chi connectivity index (χ0n) is 14.8. The van der Waals surface area contributed by atoms with Gasteiger partial charge in [0.25, 0.3) is 0 Å². The number of phenolic OH excluding ortho intramolecular Hbond substituents is 3. The Kier molecular flexibility index (Phi) is 6.86. The molecule has 9 heteroatoms. The Labute approximate surface area is 211 Å². The predicted molar refractivity (Wildman–Crippen MR) is 134 cm³/mol. The first-order valence-corrected chi connectivity index (χ1v) is 12.1. The van der Waals surface area contributed by atoms with Gasteiger partial charge in [0, 0.05) is 5.41 Å². The van der Waals surface area contributed by atoms with Crippen molar-refractivity contribution >= 4 is 93.0 Å². The predicted octanol–water partition coefficient (Wildman–Crippen LogP) is 6.76. The average molecular weight is 711 g/mol. The molecule has 0 unspecified atom stereocenters. The van der Waals surface area contributed by atoms with Gasteiger partial charge in [0.2, 0.25) is 0 Å². The Morgan fingerprint density at radius 2 is 0.862 bits per heavy atom. The van der Waals surface area contributed by atoms with Crippen LogP contribution in [0.2, 0.25) is 0 Å². The fraction of sp³-hybridized carbons (Fsp3) is 0.100. The lowest BCUT2D eigenvalue weighted by atomic mass is 9.70. The number of aromatic hydroxyl groups is 3. The summed E-state index contributed by atoms with van der Waals surface area (Å²) in [5, 5.41) is 30.5. The lowest BCUT2D eigenvalue weighted by molar-refractivity contribution is 0.467. The highest BCUT2D eigenvalue weighted by Gasteiger charge is 2.34. The van der Waals surface area contributed by atoms with Gasteiger partial charge in [0.15, 0.2) is 0 Å². The van der Waals surface area contributed by atoms with Gasteiger partial charge >= 0.3 is 0 Å². The molecule has 3 N–H and O–H groups in total. The second-order valence-corrected chi connectivity index (χ2v) is 10.9. The molecule has 3 aromatic rings. The Morgan fingerprint density at radius 1 is 0.586 bits per heavy atom. The third-order valence-corrected chi connectivity index (χ3v) is 7.88. The molecule has 0 aliphatic heterocycles. The third-order valence-electron chi connectivity index (χ3n) is 4.86. The van der Waals surface area contributed by atoms with Crippen LogP contribution in [0.4, 0.5) is 0 Å². The summed E-state index contributed by atoms with van der Waals surface area (Å²) in [7, 11) is 6.05. The van der Waals surface area contributed by atoms with Gasteiger partial charge in [-0.15, -0.1) is 0 Å². The zero-order chi connectivity index (χ0) is 21.7. The van der Waals surface area contributed by atoms with Crippen LogP contribution in [0, 0.1) is 0 Å². The summed E-state index contributed by atoms with van der Waals surface area (Å²) in [4.78, 5) is 0. The number of hydrogen-bond donors (Lipinski definition) is 3. The molecule has 3 nitrogen and oxygen atoms in total. The minimum Gasteiger partial charge on any atom is -0.507 e. The van der Waals surface area contributed by atoms with E-state index >= 15 is 0 Å². The van der Waals surface area contributed by atoms with Gasteiger partial charge in [-0.25, -0.2) is 0 Å². The van der Waals surface area contributed by atoms with Crippen molar-refractivity contribution in [2.45, 2.75) is 12.3 Å². The van der Waals surface area contributed by atoms with Crippen LogP contribution in [-0.4, -0.2) is 23.2 Å². The van der Waals surface area contributed by atoms with Crippen molar-refractivity contribution in [2.24, 2.45) is 0 Å². The van der Waals surface area contributed by atoms with E-state index in [1.165, 1.54) is 0 Å². The molecule has 0 saturated carbocycles. The van der Waals surface area contributed by atoms with Crippen LogP contribution in [0.1, 0.15) is 23.6 Å². The van der Waals surface area contributed by atoms with E-state index in [4.69, 9.17) is 7.85 Å². The molecule has 0 atom stereocenters. The molecular formula is C20H12BBr5O3. The first kappa shape index (κ1) is 23.2. The van der Waals surface area contributed by atoms with E-state index in [0.29, 0.717) is 22.4 Å². The number of phenols is 3. The van der Waals surface area contributed by atoms with Gasteiger partial charge < -0.3 is 15.3 Å². The number of benzene rings is 3. The Bertz CT molecular complexity index is 925. The minimum atomic E-state index is -0.762. The largest absolute Gasteiger partial charge is 0.507 e. The molecule has 0 bridgehead atoms. The maximum Gasteiger partial charge on any atom is 0.143 e. The Hall–Kier alpha value is -0.475. The highest BCUT2D eigenvalue weighted by Crippen LogP contribution is 2.47. The van der Waals surface area contributed by atoms with Crippen molar-refractivity contribution in [3.63, 3.8) is 0 Å². The van der Waals surface area contributed by atoms with E-state index in [1.807, 2.05) is 31.2 Å². The van der Waals surface area contributed by atoms with Crippen molar-refractivity contribution in [1.82, 2.24) is 0 Å². The van der Waals surface area contributed by atoms with E-state index in [9.17, 15) is 15.3 Å². The first-order chi connectivity index (χ1) is 13.5. The van der Waals surface area contributed by atoms with Gasteiger partial charge in [-0.05, 0) is 134 Å². The van der Waals surface area contributed by atoms with E-state index in [-0.39, 0.29) is 22.7 Å². The molecular weight excluding hydrogens is 699 g/mol. The second-order valence-electron chi connectivity index (χ2n) is 6.60. The standard InChI is InChI=1S/C20H12BBr5O3/c1-20(8-2-11(21)17(27)12(22)3-8,9-4-13(23)18(28)14(24)5-9)10-6-15(25)19(29)16(26)7-10/h2-7,27-29H,1H3. The molecule has 3 aromatic carbocycles. The fourth-order valence-electron chi connectivity index (χ4n) is 3.12. The summed E-state index contributed by atoms with van der Waals surface area (Å²) >= 11 is 17.0. The van der Waals surface area contributed by atoms with Crippen LogP contribution >= 0.6 is 79.6 Å². The molecule has 148 valence electrons. The lowest BCUT2D eigenvalue weighted by Gasteiger charge is -2.33. The molecule has 0 aliphatic carbocycles. The van der Waals surface area contributed by atoms with Crippen LogP contribution in [0.25, 0.3) is 0 Å². The Morgan fingerprint density at radius 3 is 1.17 bits per heavy atom. The minimum absolute atomic E-state index is 0.0303. The molecule has 0 heterocycles. The van der Waals surface area contributed by atoms with Crippen molar-refractivity contribution in [1.29, 1.82) is 0 Å². The molecule has 0 spiro atoms. The zero-order valence-corrected chi connectivity index (χ0v) is 22.7. The molecule has 0 aliphatic rings. The third kappa shape index (κ3) is 4.18. The molecule has 0 fully saturated rings. The highest BCUT2D eigenvalue weighted by molar-refractivity contribution is 9.11. The Balaban J connectivity index is 2.42. The van der Waals surface area contributed by atoms with Crippen molar-refractivity contribution < 1.29 is 15.3 Å². The maximum atomic E-state index is 10.2. The van der Waals surface area contributed by atoms with Crippen LogP contribution in [0.5, 0.6) is 17.2 Å². The highest BCUT2D eigenvalue weighted by atomic mass is 79.9. The van der Waals surface area contributed by atoms with Crippen molar-refractivity contribution in [3.8, 4) is 17.2 Å². The fourth-order valence-corrected chi connectivity index (χ4v) is 5.97. The molecule has 3 rings (SSSR count). The van der Waals surface area contributed by atoms with Gasteiger partial charge in [0.05, 0.1) is 22.4 Å². The number of hydrogen-bond acceptors (Lipinski definition) is 3. The van der Waals surface area contributed by atoms with Crippen LogP contribution in [0.3, 0.4) is 0 Å². The smallest absolute Gasteiger partial charge is 0.143 e. The van der Waals surface area contributed by atoms with E-state index in [2.05, 4.69) is 79.6 Å². The topological polar surface area (TPSA) is 60.7 Å². The summed E-state index contributed by atoms with van der Waals surface area (Å²) < 4.78 is 2.56. The van der Waals surface area contributed by atoms with E-state index in [1.54, 1.807) is 12.1 Å². The average Bonchev–Trinajstić information content (AvgIpc) is 2.66.